The van der Waals surface area contributed by atoms with Crippen LogP contribution in [0.25, 0.3) is 0 Å². The van der Waals surface area contributed by atoms with E-state index in [0.717, 1.165) is 32.1 Å². The minimum Gasteiger partial charge on any atom is -0.465 e. The lowest BCUT2D eigenvalue weighted by atomic mass is 10.1. The summed E-state index contributed by atoms with van der Waals surface area (Å²) in [5, 5.41) is 0. The molecule has 0 N–H and O–H groups in total. The molecule has 0 fully saturated rings. The highest BCUT2D eigenvalue weighted by molar-refractivity contribution is 14.1. The van der Waals surface area contributed by atoms with E-state index in [1.807, 2.05) is 13.8 Å². The van der Waals surface area contributed by atoms with Crippen molar-refractivity contribution >= 4 is 57.1 Å². The summed E-state index contributed by atoms with van der Waals surface area (Å²) in [4.78, 5) is 22.9. The number of esters is 2. The molecule has 0 aromatic heterocycles. The SMILES string of the molecule is CCC(CCCCCCCCCOC(=O)C(C)I)OC(=O)C(C)I. The van der Waals surface area contributed by atoms with Crippen LogP contribution in [0.3, 0.4) is 0 Å². The Labute approximate surface area is 174 Å². The smallest absolute Gasteiger partial charge is 0.318 e. The second-order valence-electron chi connectivity index (χ2n) is 6.13. The molecule has 0 amide bonds. The zero-order valence-electron chi connectivity index (χ0n) is 15.2. The maximum atomic E-state index is 11.6. The van der Waals surface area contributed by atoms with Gasteiger partial charge in [-0.3, -0.25) is 9.59 Å². The van der Waals surface area contributed by atoms with Crippen molar-refractivity contribution in [2.45, 2.75) is 92.5 Å². The van der Waals surface area contributed by atoms with E-state index in [4.69, 9.17) is 9.47 Å². The molecule has 0 aliphatic rings. The van der Waals surface area contributed by atoms with Gasteiger partial charge in [-0.2, -0.15) is 0 Å². The molecule has 3 atom stereocenters. The predicted octanol–water partition coefficient (Wildman–Crippen LogP) is 5.62. The van der Waals surface area contributed by atoms with Gasteiger partial charge in [-0.05, 0) is 39.5 Å². The molecule has 0 aromatic rings. The van der Waals surface area contributed by atoms with E-state index in [2.05, 4.69) is 52.1 Å². The van der Waals surface area contributed by atoms with Gasteiger partial charge in [-0.25, -0.2) is 0 Å². The summed E-state index contributed by atoms with van der Waals surface area (Å²) in [6.45, 7) is 6.32. The van der Waals surface area contributed by atoms with E-state index in [9.17, 15) is 9.59 Å². The summed E-state index contributed by atoms with van der Waals surface area (Å²) in [5.41, 5.74) is 0. The quantitative estimate of drug-likeness (QED) is 0.119. The van der Waals surface area contributed by atoms with Crippen LogP contribution >= 0.6 is 45.2 Å². The van der Waals surface area contributed by atoms with Crippen LogP contribution in [0.4, 0.5) is 0 Å². The second-order valence-corrected chi connectivity index (χ2v) is 9.87. The number of alkyl halides is 2. The van der Waals surface area contributed by atoms with Crippen LogP contribution in [0.5, 0.6) is 0 Å². The molecule has 0 saturated heterocycles. The average molecular weight is 566 g/mol. The van der Waals surface area contributed by atoms with Crippen LogP contribution in [0, 0.1) is 0 Å². The molecule has 0 rings (SSSR count). The standard InChI is InChI=1S/C18H32I2O4/c1-4-16(24-18(22)15(3)20)12-10-8-6-5-7-9-11-13-23-17(21)14(2)19/h14-16H,4-13H2,1-3H3. The molecular weight excluding hydrogens is 534 g/mol. The van der Waals surface area contributed by atoms with Crippen LogP contribution < -0.4 is 0 Å². The number of unbranched alkanes of at least 4 members (excludes halogenated alkanes) is 6. The fourth-order valence-corrected chi connectivity index (χ4v) is 2.58. The first-order valence-electron chi connectivity index (χ1n) is 9.03. The highest BCUT2D eigenvalue weighted by atomic mass is 127. The van der Waals surface area contributed by atoms with Crippen LogP contribution in [-0.2, 0) is 19.1 Å². The van der Waals surface area contributed by atoms with Gasteiger partial charge in [0, 0.05) is 0 Å². The number of ether oxygens (including phenoxy) is 2. The van der Waals surface area contributed by atoms with Gasteiger partial charge in [-0.15, -0.1) is 0 Å². The van der Waals surface area contributed by atoms with Crippen molar-refractivity contribution in [3.63, 3.8) is 0 Å². The fourth-order valence-electron chi connectivity index (χ4n) is 2.25. The van der Waals surface area contributed by atoms with Crippen molar-refractivity contribution in [2.24, 2.45) is 0 Å². The largest absolute Gasteiger partial charge is 0.465 e. The molecule has 6 heteroatoms. The third kappa shape index (κ3) is 13.7. The summed E-state index contributed by atoms with van der Waals surface area (Å²) >= 11 is 4.16. The van der Waals surface area contributed by atoms with Crippen molar-refractivity contribution in [3.05, 3.63) is 0 Å². The molecule has 0 bridgehead atoms. The third-order valence-electron chi connectivity index (χ3n) is 3.80. The zero-order valence-corrected chi connectivity index (χ0v) is 19.5. The van der Waals surface area contributed by atoms with E-state index < -0.39 is 0 Å². The number of hydrogen-bond donors (Lipinski definition) is 0. The molecule has 0 aliphatic heterocycles. The van der Waals surface area contributed by atoms with Crippen molar-refractivity contribution < 1.29 is 19.1 Å². The first kappa shape index (κ1) is 24.4. The highest BCUT2D eigenvalue weighted by Gasteiger charge is 2.16. The Morgan fingerprint density at radius 2 is 1.33 bits per heavy atom. The Kier molecular flexibility index (Phi) is 15.9. The molecule has 0 spiro atoms. The number of hydrogen-bond acceptors (Lipinski definition) is 4. The van der Waals surface area contributed by atoms with Gasteiger partial charge in [0.25, 0.3) is 0 Å². The number of halogens is 2. The van der Waals surface area contributed by atoms with Crippen LogP contribution in [0.2, 0.25) is 0 Å². The van der Waals surface area contributed by atoms with E-state index in [1.165, 1.54) is 25.7 Å². The molecule has 0 heterocycles. The van der Waals surface area contributed by atoms with E-state index in [1.54, 1.807) is 0 Å². The normalized spacial score (nSPS) is 14.7. The van der Waals surface area contributed by atoms with Gasteiger partial charge < -0.3 is 9.47 Å². The van der Waals surface area contributed by atoms with Gasteiger partial charge in [0.2, 0.25) is 0 Å². The maximum absolute atomic E-state index is 11.6. The lowest BCUT2D eigenvalue weighted by Crippen LogP contribution is -2.22. The Morgan fingerprint density at radius 3 is 1.83 bits per heavy atom. The molecule has 0 radical (unpaired) electrons. The molecule has 0 aromatic carbocycles. The topological polar surface area (TPSA) is 52.6 Å². The van der Waals surface area contributed by atoms with Crippen molar-refractivity contribution in [1.29, 1.82) is 0 Å². The molecule has 142 valence electrons. The van der Waals surface area contributed by atoms with Gasteiger partial charge in [-0.1, -0.05) is 84.2 Å². The summed E-state index contributed by atoms with van der Waals surface area (Å²) in [7, 11) is 0. The number of carbonyl (C=O) groups is 2. The Morgan fingerprint density at radius 1 is 0.833 bits per heavy atom. The van der Waals surface area contributed by atoms with Crippen molar-refractivity contribution in [1.82, 2.24) is 0 Å². The predicted molar refractivity (Wildman–Crippen MR) is 115 cm³/mol. The Bertz CT molecular complexity index is 346. The number of rotatable bonds is 14. The van der Waals surface area contributed by atoms with E-state index >= 15 is 0 Å². The Balaban J connectivity index is 3.46. The van der Waals surface area contributed by atoms with Gasteiger partial charge in [0.15, 0.2) is 0 Å². The molecule has 3 unspecified atom stereocenters. The average Bonchev–Trinajstić information content (AvgIpc) is 2.54. The second kappa shape index (κ2) is 15.6. The fraction of sp³-hybridized carbons (Fsp3) is 0.889. The van der Waals surface area contributed by atoms with Gasteiger partial charge in [0.05, 0.1) is 6.61 Å². The van der Waals surface area contributed by atoms with Crippen LogP contribution in [-0.4, -0.2) is 32.5 Å². The first-order valence-corrected chi connectivity index (χ1v) is 11.5. The summed E-state index contributed by atoms with van der Waals surface area (Å²) in [5.74, 6) is -0.209. The van der Waals surface area contributed by atoms with E-state index in [-0.39, 0.29) is 25.9 Å². The summed E-state index contributed by atoms with van der Waals surface area (Å²) < 4.78 is 10.5. The molecular formula is C18H32I2O4. The highest BCUT2D eigenvalue weighted by Crippen LogP contribution is 2.15. The first-order chi connectivity index (χ1) is 11.4. The molecule has 24 heavy (non-hydrogen) atoms. The zero-order chi connectivity index (χ0) is 18.4. The third-order valence-corrected chi connectivity index (χ3v) is 4.82. The van der Waals surface area contributed by atoms with Crippen molar-refractivity contribution in [3.8, 4) is 0 Å². The lowest BCUT2D eigenvalue weighted by Gasteiger charge is -2.17. The van der Waals surface area contributed by atoms with Gasteiger partial charge >= 0.3 is 11.9 Å². The molecule has 4 nitrogen and oxygen atoms in total. The lowest BCUT2D eigenvalue weighted by molar-refractivity contribution is -0.148. The van der Waals surface area contributed by atoms with Crippen molar-refractivity contribution in [2.75, 3.05) is 6.61 Å². The minimum absolute atomic E-state index is 0.0612. The maximum Gasteiger partial charge on any atom is 0.318 e. The van der Waals surface area contributed by atoms with Crippen LogP contribution in [0.1, 0.15) is 78.6 Å². The summed E-state index contributed by atoms with van der Waals surface area (Å²) in [6, 6.07) is 0. The minimum atomic E-state index is -0.112. The van der Waals surface area contributed by atoms with E-state index in [0.29, 0.717) is 6.61 Å². The number of carbonyl (C=O) groups excluding carboxylic acids is 2. The molecule has 0 saturated carbocycles. The monoisotopic (exact) mass is 566 g/mol. The van der Waals surface area contributed by atoms with Crippen LogP contribution in [0.15, 0.2) is 0 Å². The molecule has 0 aliphatic carbocycles. The van der Waals surface area contributed by atoms with Gasteiger partial charge in [0.1, 0.15) is 14.0 Å². The summed E-state index contributed by atoms with van der Waals surface area (Å²) in [6.07, 6.45) is 9.94. The Hall–Kier alpha value is 0.400.